The molecule has 0 aliphatic carbocycles. The zero-order chi connectivity index (χ0) is 15.2. The zero-order valence-corrected chi connectivity index (χ0v) is 14.7. The van der Waals surface area contributed by atoms with Crippen LogP contribution in [0.2, 0.25) is 0 Å². The van der Waals surface area contributed by atoms with Crippen LogP contribution in [0, 0.1) is 11.6 Å². The Balaban J connectivity index is 2.18. The molecule has 0 spiro atoms. The maximum absolute atomic E-state index is 13.2. The fourth-order valence-electron chi connectivity index (χ4n) is 1.82. The summed E-state index contributed by atoms with van der Waals surface area (Å²) in [5.74, 6) is -0.518. The van der Waals surface area contributed by atoms with Gasteiger partial charge in [0.2, 0.25) is 0 Å². The number of allylic oxidation sites excluding steroid dienone is 1. The van der Waals surface area contributed by atoms with Gasteiger partial charge in [-0.2, -0.15) is 0 Å². The molecule has 0 aliphatic rings. The molecule has 0 amide bonds. The predicted molar refractivity (Wildman–Crippen MR) is 92.9 cm³/mol. The van der Waals surface area contributed by atoms with Crippen LogP contribution in [0.25, 0.3) is 3.58 Å². The van der Waals surface area contributed by atoms with Gasteiger partial charge >= 0.3 is 0 Å². The van der Waals surface area contributed by atoms with Gasteiger partial charge in [0.05, 0.1) is 0 Å². The van der Waals surface area contributed by atoms with Crippen LogP contribution in [0.5, 0.6) is 5.75 Å². The fraction of sp³-hybridized carbons (Fsp3) is 0.125. The molecule has 2 rings (SSSR count). The van der Waals surface area contributed by atoms with Crippen molar-refractivity contribution in [2.75, 3.05) is 5.33 Å². The van der Waals surface area contributed by atoms with Crippen molar-refractivity contribution < 1.29 is 13.5 Å². The lowest BCUT2D eigenvalue weighted by atomic mass is 10.2. The van der Waals surface area contributed by atoms with E-state index in [0.29, 0.717) is 11.3 Å². The van der Waals surface area contributed by atoms with Crippen molar-refractivity contribution >= 4 is 42.1 Å². The highest BCUT2D eigenvalue weighted by atomic mass is 127. The average molecular weight is 465 g/mol. The van der Waals surface area contributed by atoms with Crippen LogP contribution in [0.15, 0.2) is 48.5 Å². The lowest BCUT2D eigenvalue weighted by Crippen LogP contribution is -1.99. The van der Waals surface area contributed by atoms with Gasteiger partial charge in [-0.15, -0.1) is 0 Å². The Morgan fingerprint density at radius 2 is 1.81 bits per heavy atom. The number of hydrogen-bond acceptors (Lipinski definition) is 1. The molecule has 0 fully saturated rings. The number of rotatable bonds is 5. The first-order chi connectivity index (χ1) is 10.1. The summed E-state index contributed by atoms with van der Waals surface area (Å²) in [6.45, 7) is 0.115. The molecule has 0 unspecified atom stereocenters. The minimum absolute atomic E-state index is 0.115. The normalized spacial score (nSPS) is 11.5. The summed E-state index contributed by atoms with van der Waals surface area (Å²) in [6, 6.07) is 11.0. The second-order valence-electron chi connectivity index (χ2n) is 4.27. The van der Waals surface area contributed by atoms with E-state index in [4.69, 9.17) is 4.74 Å². The number of benzene rings is 2. The number of para-hydroxylation sites is 1. The maximum Gasteiger partial charge on any atom is 0.128 e. The van der Waals surface area contributed by atoms with Gasteiger partial charge in [-0.1, -0.05) is 40.2 Å². The zero-order valence-electron chi connectivity index (χ0n) is 11.0. The molecule has 2 aromatic carbocycles. The standard InChI is InChI=1S/C16H12BrF2IO/c17-6-5-15(20)14-3-1-2-4-16(14)21-10-11-7-12(18)9-13(19)8-11/h1-5,7-9H,6,10H2/b15-5-. The molecule has 2 aromatic rings. The van der Waals surface area contributed by atoms with Gasteiger partial charge in [-0.3, -0.25) is 0 Å². The van der Waals surface area contributed by atoms with Crippen LogP contribution in [-0.2, 0) is 6.61 Å². The molecule has 1 nitrogen and oxygen atoms in total. The van der Waals surface area contributed by atoms with Crippen LogP contribution < -0.4 is 4.74 Å². The molecule has 0 saturated heterocycles. The minimum atomic E-state index is -0.601. The second kappa shape index (κ2) is 7.89. The molecule has 0 aliphatic heterocycles. The van der Waals surface area contributed by atoms with Crippen molar-refractivity contribution in [1.29, 1.82) is 0 Å². The first-order valence-corrected chi connectivity index (χ1v) is 8.39. The van der Waals surface area contributed by atoms with Crippen LogP contribution in [-0.4, -0.2) is 5.33 Å². The third kappa shape index (κ3) is 4.78. The molecule has 0 bridgehead atoms. The first kappa shape index (κ1) is 16.4. The summed E-state index contributed by atoms with van der Waals surface area (Å²) in [5, 5.41) is 0.745. The third-order valence-electron chi connectivity index (χ3n) is 2.72. The number of ether oxygens (including phenoxy) is 1. The summed E-state index contributed by atoms with van der Waals surface area (Å²) in [5.41, 5.74) is 1.41. The summed E-state index contributed by atoms with van der Waals surface area (Å²) < 4.78 is 33.1. The summed E-state index contributed by atoms with van der Waals surface area (Å²) >= 11 is 5.59. The lowest BCUT2D eigenvalue weighted by molar-refractivity contribution is 0.304. The Bertz CT molecular complexity index is 638. The highest BCUT2D eigenvalue weighted by molar-refractivity contribution is 14.1. The molecular weight excluding hydrogens is 453 g/mol. The molecule has 0 saturated carbocycles. The molecule has 5 heteroatoms. The molecule has 21 heavy (non-hydrogen) atoms. The van der Waals surface area contributed by atoms with E-state index >= 15 is 0 Å². The van der Waals surface area contributed by atoms with Gasteiger partial charge in [0.25, 0.3) is 0 Å². The Morgan fingerprint density at radius 1 is 1.14 bits per heavy atom. The topological polar surface area (TPSA) is 9.23 Å². The quantitative estimate of drug-likeness (QED) is 0.406. The molecule has 110 valence electrons. The van der Waals surface area contributed by atoms with Crippen LogP contribution in [0.1, 0.15) is 11.1 Å². The Labute approximate surface area is 144 Å². The lowest BCUT2D eigenvalue weighted by Gasteiger charge is -2.11. The van der Waals surface area contributed by atoms with Gasteiger partial charge in [-0.25, -0.2) is 8.78 Å². The Morgan fingerprint density at radius 3 is 2.48 bits per heavy atom. The van der Waals surface area contributed by atoms with Crippen molar-refractivity contribution in [1.82, 2.24) is 0 Å². The number of halogens is 4. The third-order valence-corrected chi connectivity index (χ3v) is 4.06. The van der Waals surface area contributed by atoms with E-state index in [1.54, 1.807) is 0 Å². The second-order valence-corrected chi connectivity index (χ2v) is 6.08. The summed E-state index contributed by atoms with van der Waals surface area (Å²) in [4.78, 5) is 0. The van der Waals surface area contributed by atoms with E-state index < -0.39 is 11.6 Å². The van der Waals surface area contributed by atoms with Crippen molar-refractivity contribution in [2.24, 2.45) is 0 Å². The maximum atomic E-state index is 13.2. The smallest absolute Gasteiger partial charge is 0.128 e. The Hall–Kier alpha value is -0.950. The van der Waals surface area contributed by atoms with Crippen LogP contribution in [0.4, 0.5) is 8.78 Å². The highest BCUT2D eigenvalue weighted by Crippen LogP contribution is 2.31. The van der Waals surface area contributed by atoms with Gasteiger partial charge in [0.1, 0.15) is 24.0 Å². The van der Waals surface area contributed by atoms with Crippen LogP contribution in [0.3, 0.4) is 0 Å². The summed E-state index contributed by atoms with van der Waals surface area (Å²) in [6.07, 6.45) is 2.02. The Kier molecular flexibility index (Phi) is 6.17. The van der Waals surface area contributed by atoms with Gasteiger partial charge in [0.15, 0.2) is 0 Å². The van der Waals surface area contributed by atoms with E-state index in [0.717, 1.165) is 20.5 Å². The molecule has 0 N–H and O–H groups in total. The SMILES string of the molecule is Fc1cc(F)cc(COc2ccccc2/C(I)=C/CBr)c1. The van der Waals surface area contributed by atoms with Crippen molar-refractivity contribution in [3.63, 3.8) is 0 Å². The molecular formula is C16H12BrF2IO. The minimum Gasteiger partial charge on any atom is -0.488 e. The monoisotopic (exact) mass is 464 g/mol. The highest BCUT2D eigenvalue weighted by Gasteiger charge is 2.07. The average Bonchev–Trinajstić information content (AvgIpc) is 2.45. The van der Waals surface area contributed by atoms with E-state index in [1.807, 2.05) is 30.3 Å². The number of hydrogen-bond donors (Lipinski definition) is 0. The van der Waals surface area contributed by atoms with E-state index in [1.165, 1.54) is 12.1 Å². The number of alkyl halides is 1. The van der Waals surface area contributed by atoms with Crippen molar-refractivity contribution in [2.45, 2.75) is 6.61 Å². The van der Waals surface area contributed by atoms with Gasteiger partial charge in [0, 0.05) is 20.5 Å². The molecule has 0 aromatic heterocycles. The van der Waals surface area contributed by atoms with Crippen molar-refractivity contribution in [3.8, 4) is 5.75 Å². The van der Waals surface area contributed by atoms with Gasteiger partial charge in [-0.05, 0) is 46.4 Å². The van der Waals surface area contributed by atoms with Crippen LogP contribution >= 0.6 is 38.5 Å². The fourth-order valence-corrected chi connectivity index (χ4v) is 3.42. The summed E-state index contributed by atoms with van der Waals surface area (Å²) in [7, 11) is 0. The predicted octanol–water partition coefficient (Wildman–Crippen LogP) is 5.71. The van der Waals surface area contributed by atoms with Gasteiger partial charge < -0.3 is 4.74 Å². The molecule has 0 heterocycles. The molecule has 0 atom stereocenters. The van der Waals surface area contributed by atoms with E-state index in [9.17, 15) is 8.78 Å². The first-order valence-electron chi connectivity index (χ1n) is 6.19. The molecule has 0 radical (unpaired) electrons. The largest absolute Gasteiger partial charge is 0.488 e. The van der Waals surface area contributed by atoms with E-state index in [-0.39, 0.29) is 6.61 Å². The van der Waals surface area contributed by atoms with E-state index in [2.05, 4.69) is 38.5 Å². The van der Waals surface area contributed by atoms with Crippen molar-refractivity contribution in [3.05, 3.63) is 71.3 Å².